The van der Waals surface area contributed by atoms with Crippen LogP contribution in [0.15, 0.2) is 16.0 Å². The first-order chi connectivity index (χ1) is 9.19. The molecule has 1 saturated carbocycles. The van der Waals surface area contributed by atoms with Crippen LogP contribution in [0.2, 0.25) is 0 Å². The molecular formula is C14H20N2O2S. The second-order valence-electron chi connectivity index (χ2n) is 4.98. The van der Waals surface area contributed by atoms with Crippen molar-refractivity contribution in [1.82, 2.24) is 9.97 Å². The molecule has 1 N–H and O–H groups in total. The molecule has 1 atom stereocenters. The highest BCUT2D eigenvalue weighted by atomic mass is 32.2. The number of nitrogens with zero attached hydrogens (tertiary/aromatic N) is 1. The van der Waals surface area contributed by atoms with E-state index in [2.05, 4.69) is 16.9 Å². The van der Waals surface area contributed by atoms with E-state index in [1.165, 1.54) is 0 Å². The molecule has 4 nitrogen and oxygen atoms in total. The van der Waals surface area contributed by atoms with Gasteiger partial charge in [-0.1, -0.05) is 25.1 Å². The fraction of sp³-hybridized carbons (Fsp3) is 0.643. The summed E-state index contributed by atoms with van der Waals surface area (Å²) in [6.45, 7) is 2.07. The van der Waals surface area contributed by atoms with Gasteiger partial charge in [-0.25, -0.2) is 4.98 Å². The fourth-order valence-electron chi connectivity index (χ4n) is 2.43. The number of Topliss-reactive ketones (excluding diaryl/α,β-unsaturated/α-hetero) is 1. The first-order valence-corrected chi connectivity index (χ1v) is 7.93. The summed E-state index contributed by atoms with van der Waals surface area (Å²) in [6, 6.07) is 1.56. The summed E-state index contributed by atoms with van der Waals surface area (Å²) in [6.07, 6.45) is 5.52. The van der Waals surface area contributed by atoms with E-state index in [-0.39, 0.29) is 11.5 Å². The smallest absolute Gasteiger partial charge is 0.251 e. The quantitative estimate of drug-likeness (QED) is 0.642. The number of ketones is 1. The van der Waals surface area contributed by atoms with Crippen molar-refractivity contribution < 1.29 is 4.79 Å². The second kappa shape index (κ2) is 6.89. The molecule has 1 aliphatic rings. The van der Waals surface area contributed by atoms with E-state index in [0.717, 1.165) is 50.0 Å². The summed E-state index contributed by atoms with van der Waals surface area (Å²) in [5.74, 6) is 1.48. The van der Waals surface area contributed by atoms with Crippen LogP contribution >= 0.6 is 11.8 Å². The highest BCUT2D eigenvalue weighted by Crippen LogP contribution is 2.26. The number of hydrogen-bond donors (Lipinski definition) is 1. The number of aromatic amines is 1. The van der Waals surface area contributed by atoms with E-state index in [0.29, 0.717) is 10.9 Å². The van der Waals surface area contributed by atoms with Crippen molar-refractivity contribution in [2.24, 2.45) is 5.92 Å². The van der Waals surface area contributed by atoms with Gasteiger partial charge in [0, 0.05) is 29.9 Å². The van der Waals surface area contributed by atoms with Gasteiger partial charge in [-0.3, -0.25) is 9.59 Å². The lowest BCUT2D eigenvalue weighted by Gasteiger charge is -2.07. The SMILES string of the molecule is CCCc1cc(=O)[nH]c(SCCC2CCCC2=O)n1. The highest BCUT2D eigenvalue weighted by molar-refractivity contribution is 7.99. The van der Waals surface area contributed by atoms with Crippen molar-refractivity contribution in [2.45, 2.75) is 50.6 Å². The first-order valence-electron chi connectivity index (χ1n) is 6.94. The Balaban J connectivity index is 1.88. The average Bonchev–Trinajstić information content (AvgIpc) is 2.75. The Hall–Kier alpha value is -1.10. The minimum atomic E-state index is -0.0853. The molecule has 0 saturated heterocycles. The van der Waals surface area contributed by atoms with E-state index >= 15 is 0 Å². The monoisotopic (exact) mass is 280 g/mol. The maximum atomic E-state index is 11.5. The van der Waals surface area contributed by atoms with Crippen LogP contribution in [0, 0.1) is 5.92 Å². The molecule has 1 heterocycles. The third-order valence-corrected chi connectivity index (χ3v) is 4.32. The summed E-state index contributed by atoms with van der Waals surface area (Å²) in [5.41, 5.74) is 0.767. The van der Waals surface area contributed by atoms with Crippen LogP contribution in [0.25, 0.3) is 0 Å². The Labute approximate surface area is 117 Å². The number of thioether (sulfide) groups is 1. The van der Waals surface area contributed by atoms with Gasteiger partial charge < -0.3 is 4.98 Å². The molecule has 0 radical (unpaired) electrons. The van der Waals surface area contributed by atoms with Crippen LogP contribution in [0.3, 0.4) is 0 Å². The normalized spacial score (nSPS) is 19.0. The molecule has 0 spiro atoms. The molecule has 1 unspecified atom stereocenters. The van der Waals surface area contributed by atoms with Gasteiger partial charge in [0.1, 0.15) is 5.78 Å². The number of carbonyl (C=O) groups excluding carboxylic acids is 1. The van der Waals surface area contributed by atoms with Gasteiger partial charge in [0.05, 0.1) is 0 Å². The Morgan fingerprint density at radius 1 is 1.47 bits per heavy atom. The van der Waals surface area contributed by atoms with Crippen LogP contribution in [-0.2, 0) is 11.2 Å². The number of aromatic nitrogens is 2. The van der Waals surface area contributed by atoms with Gasteiger partial charge in [-0.15, -0.1) is 0 Å². The molecule has 104 valence electrons. The van der Waals surface area contributed by atoms with Crippen molar-refractivity contribution in [3.63, 3.8) is 0 Å². The van der Waals surface area contributed by atoms with Crippen LogP contribution in [-0.4, -0.2) is 21.5 Å². The lowest BCUT2D eigenvalue weighted by molar-refractivity contribution is -0.120. The Morgan fingerprint density at radius 3 is 3.00 bits per heavy atom. The molecule has 19 heavy (non-hydrogen) atoms. The van der Waals surface area contributed by atoms with Crippen LogP contribution in [0.1, 0.15) is 44.7 Å². The van der Waals surface area contributed by atoms with E-state index < -0.39 is 0 Å². The molecule has 0 amide bonds. The van der Waals surface area contributed by atoms with Crippen LogP contribution in [0.5, 0.6) is 0 Å². The summed E-state index contributed by atoms with van der Waals surface area (Å²) in [4.78, 5) is 30.2. The number of carbonyl (C=O) groups is 1. The standard InChI is InChI=1S/C14H20N2O2S/c1-2-4-11-9-13(18)16-14(15-11)19-8-7-10-5-3-6-12(10)17/h9-10H,2-8H2,1H3,(H,15,16,18). The average molecular weight is 280 g/mol. The van der Waals surface area contributed by atoms with Crippen molar-refractivity contribution in [1.29, 1.82) is 0 Å². The predicted octanol–water partition coefficient (Wildman–Crippen LogP) is 2.57. The van der Waals surface area contributed by atoms with E-state index in [1.807, 2.05) is 0 Å². The first kappa shape index (κ1) is 14.3. The summed E-state index contributed by atoms with van der Waals surface area (Å²) in [7, 11) is 0. The Bertz CT molecular complexity index is 498. The maximum Gasteiger partial charge on any atom is 0.251 e. The number of hydrogen-bond acceptors (Lipinski definition) is 4. The van der Waals surface area contributed by atoms with Crippen molar-refractivity contribution >= 4 is 17.5 Å². The molecule has 1 aromatic heterocycles. The zero-order chi connectivity index (χ0) is 13.7. The van der Waals surface area contributed by atoms with Crippen LogP contribution in [0.4, 0.5) is 0 Å². The molecule has 0 bridgehead atoms. The lowest BCUT2D eigenvalue weighted by atomic mass is 10.1. The second-order valence-corrected chi connectivity index (χ2v) is 6.07. The number of H-pyrrole nitrogens is 1. The van der Waals surface area contributed by atoms with E-state index in [1.54, 1.807) is 17.8 Å². The minimum absolute atomic E-state index is 0.0853. The Morgan fingerprint density at radius 2 is 2.32 bits per heavy atom. The van der Waals surface area contributed by atoms with Crippen molar-refractivity contribution in [2.75, 3.05) is 5.75 Å². The summed E-state index contributed by atoms with van der Waals surface area (Å²) in [5, 5.41) is 0.682. The van der Waals surface area contributed by atoms with Gasteiger partial charge in [0.25, 0.3) is 5.56 Å². The summed E-state index contributed by atoms with van der Waals surface area (Å²) >= 11 is 1.54. The molecule has 1 aliphatic carbocycles. The fourth-order valence-corrected chi connectivity index (χ4v) is 3.38. The molecule has 1 fully saturated rings. The largest absolute Gasteiger partial charge is 0.301 e. The van der Waals surface area contributed by atoms with Gasteiger partial charge in [0.15, 0.2) is 5.16 Å². The minimum Gasteiger partial charge on any atom is -0.301 e. The van der Waals surface area contributed by atoms with Gasteiger partial charge >= 0.3 is 0 Å². The molecule has 0 aliphatic heterocycles. The topological polar surface area (TPSA) is 62.8 Å². The zero-order valence-electron chi connectivity index (χ0n) is 11.3. The molecule has 1 aromatic rings. The number of nitrogens with one attached hydrogen (secondary N) is 1. The van der Waals surface area contributed by atoms with Crippen molar-refractivity contribution in [3.05, 3.63) is 22.1 Å². The molecular weight excluding hydrogens is 260 g/mol. The maximum absolute atomic E-state index is 11.5. The van der Waals surface area contributed by atoms with E-state index in [4.69, 9.17) is 0 Å². The highest BCUT2D eigenvalue weighted by Gasteiger charge is 2.23. The van der Waals surface area contributed by atoms with Gasteiger partial charge in [-0.2, -0.15) is 0 Å². The van der Waals surface area contributed by atoms with Crippen LogP contribution < -0.4 is 5.56 Å². The number of rotatable bonds is 6. The molecule has 2 rings (SSSR count). The Kier molecular flexibility index (Phi) is 5.19. The lowest BCUT2D eigenvalue weighted by Crippen LogP contribution is -2.11. The third-order valence-electron chi connectivity index (χ3n) is 3.42. The predicted molar refractivity (Wildman–Crippen MR) is 76.5 cm³/mol. The summed E-state index contributed by atoms with van der Waals surface area (Å²) < 4.78 is 0. The third kappa shape index (κ3) is 4.20. The zero-order valence-corrected chi connectivity index (χ0v) is 12.1. The van der Waals surface area contributed by atoms with E-state index in [9.17, 15) is 9.59 Å². The number of aryl methyl sites for hydroxylation is 1. The van der Waals surface area contributed by atoms with Gasteiger partial charge in [0.2, 0.25) is 0 Å². The van der Waals surface area contributed by atoms with Crippen molar-refractivity contribution in [3.8, 4) is 0 Å². The molecule has 5 heteroatoms. The van der Waals surface area contributed by atoms with Gasteiger partial charge in [-0.05, 0) is 25.7 Å². The molecule has 0 aromatic carbocycles.